The molecule has 0 radical (unpaired) electrons. The highest BCUT2D eigenvalue weighted by atomic mass is 16.4. The van der Waals surface area contributed by atoms with Crippen LogP contribution < -0.4 is 5.32 Å². The molecule has 0 aromatic carbocycles. The summed E-state index contributed by atoms with van der Waals surface area (Å²) in [6, 6.07) is 3.69. The molecule has 4 heteroatoms. The molecule has 0 saturated heterocycles. The first-order valence-corrected chi connectivity index (χ1v) is 7.59. The number of carboxylic acids is 1. The van der Waals surface area contributed by atoms with E-state index in [1.165, 1.54) is 6.42 Å². The number of hydrogen-bond donors (Lipinski definition) is 2. The molecule has 1 aliphatic carbocycles. The summed E-state index contributed by atoms with van der Waals surface area (Å²) in [4.78, 5) is 15.9. The summed E-state index contributed by atoms with van der Waals surface area (Å²) >= 11 is 0. The highest BCUT2D eigenvalue weighted by molar-refractivity contribution is 5.88. The predicted octanol–water partition coefficient (Wildman–Crippen LogP) is 4.07. The smallest absolute Gasteiger partial charge is 0.335 e. The van der Waals surface area contributed by atoms with E-state index in [4.69, 9.17) is 0 Å². The summed E-state index contributed by atoms with van der Waals surface area (Å²) in [5.74, 6) is -0.222. The highest BCUT2D eigenvalue weighted by Gasteiger charge is 2.31. The number of nitrogens with one attached hydrogen (secondary N) is 1. The lowest BCUT2D eigenvalue weighted by atomic mass is 9.90. The fourth-order valence-corrected chi connectivity index (χ4v) is 2.88. The lowest BCUT2D eigenvalue weighted by Gasteiger charge is -2.22. The molecule has 1 fully saturated rings. The van der Waals surface area contributed by atoms with E-state index in [2.05, 4.69) is 24.1 Å². The Hall–Kier alpha value is -1.58. The maximum atomic E-state index is 11.3. The van der Waals surface area contributed by atoms with E-state index in [-0.39, 0.29) is 5.41 Å². The summed E-state index contributed by atoms with van der Waals surface area (Å²) in [7, 11) is 0. The average Bonchev–Trinajstić information content (AvgIpc) is 2.67. The molecule has 4 nitrogen and oxygen atoms in total. The van der Waals surface area contributed by atoms with E-state index in [1.54, 1.807) is 12.1 Å². The van der Waals surface area contributed by atoms with Crippen LogP contribution in [0.1, 0.15) is 69.9 Å². The Balaban J connectivity index is 2.27. The van der Waals surface area contributed by atoms with Gasteiger partial charge in [0.25, 0.3) is 0 Å². The Morgan fingerprint density at radius 3 is 2.52 bits per heavy atom. The molecule has 116 valence electrons. The number of carboxylic acid groups (broad SMARTS) is 1. The molecule has 2 N–H and O–H groups in total. The lowest BCUT2D eigenvalue weighted by Crippen LogP contribution is -2.21. The van der Waals surface area contributed by atoms with E-state index in [0.717, 1.165) is 18.5 Å². The SMILES string of the molecule is CC1(C)CCC(Nc2cc(C(=O)O)cc(C(C)(C)C)n2)C1. The van der Waals surface area contributed by atoms with Crippen LogP contribution in [0.5, 0.6) is 0 Å². The molecule has 0 aliphatic heterocycles. The van der Waals surface area contributed by atoms with Gasteiger partial charge in [0.15, 0.2) is 0 Å². The minimum atomic E-state index is -0.905. The van der Waals surface area contributed by atoms with Crippen LogP contribution in [0.2, 0.25) is 0 Å². The van der Waals surface area contributed by atoms with Gasteiger partial charge in [-0.1, -0.05) is 34.6 Å². The minimum absolute atomic E-state index is 0.170. The number of nitrogens with zero attached hydrogens (tertiary/aromatic N) is 1. The number of anilines is 1. The molecule has 2 rings (SSSR count). The second-order valence-corrected chi connectivity index (χ2v) is 7.93. The summed E-state index contributed by atoms with van der Waals surface area (Å²) < 4.78 is 0. The van der Waals surface area contributed by atoms with E-state index in [1.807, 2.05) is 20.8 Å². The van der Waals surface area contributed by atoms with Crippen molar-refractivity contribution >= 4 is 11.8 Å². The van der Waals surface area contributed by atoms with Crippen LogP contribution in [-0.2, 0) is 5.41 Å². The second kappa shape index (κ2) is 5.32. The van der Waals surface area contributed by atoms with Gasteiger partial charge in [-0.25, -0.2) is 9.78 Å². The van der Waals surface area contributed by atoms with Gasteiger partial charge >= 0.3 is 5.97 Å². The van der Waals surface area contributed by atoms with Crippen molar-refractivity contribution in [2.24, 2.45) is 5.41 Å². The second-order valence-electron chi connectivity index (χ2n) is 7.93. The molecule has 1 saturated carbocycles. The van der Waals surface area contributed by atoms with Gasteiger partial charge in [-0.15, -0.1) is 0 Å². The molecule has 21 heavy (non-hydrogen) atoms. The first-order chi connectivity index (χ1) is 9.57. The van der Waals surface area contributed by atoms with Crippen molar-refractivity contribution < 1.29 is 9.90 Å². The molecule has 1 heterocycles. The van der Waals surface area contributed by atoms with E-state index in [0.29, 0.717) is 22.8 Å². The zero-order chi connectivity index (χ0) is 15.8. The Labute approximate surface area is 127 Å². The van der Waals surface area contributed by atoms with Crippen molar-refractivity contribution in [3.63, 3.8) is 0 Å². The molecule has 1 unspecified atom stereocenters. The fraction of sp³-hybridized carbons (Fsp3) is 0.647. The number of hydrogen-bond acceptors (Lipinski definition) is 3. The number of aromatic nitrogens is 1. The topological polar surface area (TPSA) is 62.2 Å². The van der Waals surface area contributed by atoms with Gasteiger partial charge in [0, 0.05) is 17.2 Å². The zero-order valence-electron chi connectivity index (χ0n) is 13.7. The van der Waals surface area contributed by atoms with Gasteiger partial charge in [-0.2, -0.15) is 0 Å². The van der Waals surface area contributed by atoms with Gasteiger partial charge in [-0.3, -0.25) is 0 Å². The Bertz CT molecular complexity index is 544. The van der Waals surface area contributed by atoms with Crippen molar-refractivity contribution in [2.75, 3.05) is 5.32 Å². The molecule has 1 aromatic heterocycles. The molecule has 0 bridgehead atoms. The molecule has 1 aromatic rings. The standard InChI is InChI=1S/C17H26N2O2/c1-16(2,3)13-8-11(15(20)21)9-14(19-13)18-12-6-7-17(4,5)10-12/h8-9,12H,6-7,10H2,1-5H3,(H,18,19)(H,20,21). The maximum absolute atomic E-state index is 11.3. The highest BCUT2D eigenvalue weighted by Crippen LogP contribution is 2.38. The quantitative estimate of drug-likeness (QED) is 0.881. The van der Waals surface area contributed by atoms with Crippen LogP contribution in [0.25, 0.3) is 0 Å². The normalized spacial score (nSPS) is 21.3. The molecule has 1 aliphatic rings. The van der Waals surface area contributed by atoms with Crippen molar-refractivity contribution in [3.05, 3.63) is 23.4 Å². The number of rotatable bonds is 3. The monoisotopic (exact) mass is 290 g/mol. The van der Waals surface area contributed by atoms with Crippen LogP contribution in [0, 0.1) is 5.41 Å². The first-order valence-electron chi connectivity index (χ1n) is 7.59. The fourth-order valence-electron chi connectivity index (χ4n) is 2.88. The molecule has 1 atom stereocenters. The third-order valence-electron chi connectivity index (χ3n) is 4.16. The molecular weight excluding hydrogens is 264 g/mol. The maximum Gasteiger partial charge on any atom is 0.335 e. The third kappa shape index (κ3) is 3.96. The van der Waals surface area contributed by atoms with Crippen molar-refractivity contribution in [1.82, 2.24) is 4.98 Å². The summed E-state index contributed by atoms with van der Waals surface area (Å²) in [6.45, 7) is 10.7. The summed E-state index contributed by atoms with van der Waals surface area (Å²) in [5.41, 5.74) is 1.29. The minimum Gasteiger partial charge on any atom is -0.478 e. The van der Waals surface area contributed by atoms with Crippen LogP contribution in [0.3, 0.4) is 0 Å². The van der Waals surface area contributed by atoms with Gasteiger partial charge in [0.2, 0.25) is 0 Å². The van der Waals surface area contributed by atoms with Crippen molar-refractivity contribution in [2.45, 2.75) is 65.3 Å². The molecular formula is C17H26N2O2. The Morgan fingerprint density at radius 1 is 1.38 bits per heavy atom. The Morgan fingerprint density at radius 2 is 2.05 bits per heavy atom. The average molecular weight is 290 g/mol. The molecule has 0 spiro atoms. The Kier molecular flexibility index (Phi) is 4.00. The summed E-state index contributed by atoms with van der Waals surface area (Å²) in [6.07, 6.45) is 3.39. The van der Waals surface area contributed by atoms with Gasteiger partial charge in [0.05, 0.1) is 5.56 Å². The largest absolute Gasteiger partial charge is 0.478 e. The predicted molar refractivity (Wildman–Crippen MR) is 84.9 cm³/mol. The van der Waals surface area contributed by atoms with Crippen LogP contribution in [0.15, 0.2) is 12.1 Å². The van der Waals surface area contributed by atoms with Crippen LogP contribution in [0.4, 0.5) is 5.82 Å². The van der Waals surface area contributed by atoms with E-state index < -0.39 is 5.97 Å². The van der Waals surface area contributed by atoms with E-state index >= 15 is 0 Å². The van der Waals surface area contributed by atoms with Crippen LogP contribution in [-0.4, -0.2) is 22.1 Å². The lowest BCUT2D eigenvalue weighted by molar-refractivity contribution is 0.0696. The van der Waals surface area contributed by atoms with Crippen molar-refractivity contribution in [3.8, 4) is 0 Å². The summed E-state index contributed by atoms with van der Waals surface area (Å²) in [5, 5.41) is 12.7. The van der Waals surface area contributed by atoms with Crippen molar-refractivity contribution in [1.29, 1.82) is 0 Å². The van der Waals surface area contributed by atoms with Gasteiger partial charge in [0.1, 0.15) is 5.82 Å². The van der Waals surface area contributed by atoms with Gasteiger partial charge in [-0.05, 0) is 36.8 Å². The van der Waals surface area contributed by atoms with Crippen LogP contribution >= 0.6 is 0 Å². The van der Waals surface area contributed by atoms with E-state index in [9.17, 15) is 9.90 Å². The number of carbonyl (C=O) groups is 1. The van der Waals surface area contributed by atoms with Gasteiger partial charge < -0.3 is 10.4 Å². The number of aromatic carboxylic acids is 1. The number of pyridine rings is 1. The first kappa shape index (κ1) is 15.8. The third-order valence-corrected chi connectivity index (χ3v) is 4.16. The molecule has 0 amide bonds. The zero-order valence-corrected chi connectivity index (χ0v) is 13.7.